The summed E-state index contributed by atoms with van der Waals surface area (Å²) in [5.74, 6) is -1.58. The number of halogens is 3. The Labute approximate surface area is 221 Å². The molecular formula is C26H16F3N7O2S. The molecule has 1 aliphatic carbocycles. The molecule has 13 heteroatoms. The van der Waals surface area contributed by atoms with Crippen molar-refractivity contribution < 1.29 is 13.2 Å². The van der Waals surface area contributed by atoms with Crippen LogP contribution in [0.3, 0.4) is 0 Å². The van der Waals surface area contributed by atoms with E-state index in [4.69, 9.17) is 0 Å². The molecule has 0 radical (unpaired) electrons. The lowest BCUT2D eigenvalue weighted by Gasteiger charge is -2.20. The van der Waals surface area contributed by atoms with Crippen molar-refractivity contribution in [3.63, 3.8) is 0 Å². The standard InChI is InChI=1S/C26H16F3N7O2S/c27-26(28,29)23-31-24(35-34-23)39-20-12-11-19(32-33-20)36-13-18(22(37)30-25(36)38)21-16-7-3-1-5-14(16)9-10-15-6-2-4-8-17(15)21/h1-13,21H,(H,30,37,38)(H,31,34,35). The van der Waals surface area contributed by atoms with Crippen LogP contribution in [0.15, 0.2) is 86.6 Å². The van der Waals surface area contributed by atoms with Crippen molar-refractivity contribution in [2.24, 2.45) is 0 Å². The van der Waals surface area contributed by atoms with Gasteiger partial charge < -0.3 is 0 Å². The van der Waals surface area contributed by atoms with Crippen LogP contribution in [-0.2, 0) is 6.18 Å². The van der Waals surface area contributed by atoms with Crippen molar-refractivity contribution in [1.29, 1.82) is 0 Å². The van der Waals surface area contributed by atoms with Gasteiger partial charge in [-0.1, -0.05) is 60.7 Å². The zero-order chi connectivity index (χ0) is 27.1. The molecule has 2 N–H and O–H groups in total. The molecule has 9 nitrogen and oxygen atoms in total. The predicted octanol–water partition coefficient (Wildman–Crippen LogP) is 4.27. The molecule has 2 aromatic carbocycles. The Morgan fingerprint density at radius 3 is 2.10 bits per heavy atom. The summed E-state index contributed by atoms with van der Waals surface area (Å²) >= 11 is 0.769. The minimum atomic E-state index is -4.65. The summed E-state index contributed by atoms with van der Waals surface area (Å²) in [4.78, 5) is 31.7. The highest BCUT2D eigenvalue weighted by molar-refractivity contribution is 7.99. The number of aromatic nitrogens is 7. The molecule has 0 atom stereocenters. The van der Waals surface area contributed by atoms with Gasteiger partial charge >= 0.3 is 11.9 Å². The van der Waals surface area contributed by atoms with Crippen LogP contribution in [0.5, 0.6) is 0 Å². The average molecular weight is 548 g/mol. The molecule has 0 spiro atoms. The van der Waals surface area contributed by atoms with E-state index >= 15 is 0 Å². The van der Waals surface area contributed by atoms with E-state index in [-0.39, 0.29) is 16.0 Å². The predicted molar refractivity (Wildman–Crippen MR) is 137 cm³/mol. The zero-order valence-corrected chi connectivity index (χ0v) is 20.5. The summed E-state index contributed by atoms with van der Waals surface area (Å²) in [5, 5.41) is 13.4. The van der Waals surface area contributed by atoms with Gasteiger partial charge in [0.05, 0.1) is 0 Å². The number of rotatable bonds is 4. The fourth-order valence-electron chi connectivity index (χ4n) is 4.40. The average Bonchev–Trinajstić information content (AvgIpc) is 3.33. The summed E-state index contributed by atoms with van der Waals surface area (Å²) < 4.78 is 39.5. The first-order chi connectivity index (χ1) is 18.8. The molecule has 0 amide bonds. The number of alkyl halides is 3. The molecule has 6 rings (SSSR count). The topological polar surface area (TPSA) is 122 Å². The van der Waals surface area contributed by atoms with E-state index in [0.717, 1.165) is 34.0 Å². The van der Waals surface area contributed by atoms with E-state index in [0.29, 0.717) is 5.56 Å². The highest BCUT2D eigenvalue weighted by Crippen LogP contribution is 2.37. The van der Waals surface area contributed by atoms with Crippen LogP contribution in [-0.4, -0.2) is 34.9 Å². The van der Waals surface area contributed by atoms with Crippen molar-refractivity contribution in [2.45, 2.75) is 22.3 Å². The number of hydrogen-bond donors (Lipinski definition) is 2. The molecule has 1 aliphatic rings. The normalized spacial score (nSPS) is 13.1. The van der Waals surface area contributed by atoms with Gasteiger partial charge in [-0.3, -0.25) is 19.4 Å². The Hall–Kier alpha value is -4.78. The number of aromatic amines is 2. The third-order valence-electron chi connectivity index (χ3n) is 6.14. The summed E-state index contributed by atoms with van der Waals surface area (Å²) in [6.07, 6.45) is 0.781. The van der Waals surface area contributed by atoms with Crippen LogP contribution in [0, 0.1) is 0 Å². The first kappa shape index (κ1) is 24.6. The Bertz CT molecular complexity index is 1790. The van der Waals surface area contributed by atoms with Crippen LogP contribution in [0.25, 0.3) is 18.0 Å². The molecule has 194 valence electrons. The first-order valence-electron chi connectivity index (χ1n) is 11.5. The summed E-state index contributed by atoms with van der Waals surface area (Å²) in [5.41, 5.74) is 2.77. The Balaban J connectivity index is 1.39. The fraction of sp³-hybridized carbons (Fsp3) is 0.0769. The molecule has 0 bridgehead atoms. The Morgan fingerprint density at radius 1 is 0.846 bits per heavy atom. The molecule has 0 unspecified atom stereocenters. The van der Waals surface area contributed by atoms with Crippen molar-refractivity contribution in [1.82, 2.24) is 34.9 Å². The van der Waals surface area contributed by atoms with Crippen molar-refractivity contribution in [3.8, 4) is 5.82 Å². The van der Waals surface area contributed by atoms with Gasteiger partial charge in [-0.05, 0) is 46.1 Å². The van der Waals surface area contributed by atoms with Gasteiger partial charge in [-0.2, -0.15) is 18.2 Å². The molecule has 39 heavy (non-hydrogen) atoms. The Kier molecular flexibility index (Phi) is 5.99. The van der Waals surface area contributed by atoms with Crippen LogP contribution in [0.2, 0.25) is 0 Å². The lowest BCUT2D eigenvalue weighted by Crippen LogP contribution is -2.33. The summed E-state index contributed by atoms with van der Waals surface area (Å²) in [6, 6.07) is 18.4. The van der Waals surface area contributed by atoms with Crippen molar-refractivity contribution in [3.05, 3.63) is 121 Å². The van der Waals surface area contributed by atoms with E-state index in [1.807, 2.05) is 65.8 Å². The van der Waals surface area contributed by atoms with E-state index in [9.17, 15) is 22.8 Å². The number of hydrogen-bond acceptors (Lipinski definition) is 7. The molecule has 0 saturated carbocycles. The van der Waals surface area contributed by atoms with Gasteiger partial charge in [0.25, 0.3) is 5.56 Å². The van der Waals surface area contributed by atoms with E-state index < -0.39 is 29.2 Å². The summed E-state index contributed by atoms with van der Waals surface area (Å²) in [6.45, 7) is 0. The maximum atomic E-state index is 13.2. The number of H-pyrrole nitrogens is 2. The molecule has 0 saturated heterocycles. The molecule has 3 aromatic heterocycles. The van der Waals surface area contributed by atoms with Gasteiger partial charge in [0.2, 0.25) is 11.0 Å². The number of benzene rings is 2. The molecule has 3 heterocycles. The number of fused-ring (bicyclic) bond motifs is 2. The van der Waals surface area contributed by atoms with Gasteiger partial charge in [0.1, 0.15) is 5.03 Å². The third kappa shape index (κ3) is 4.68. The smallest absolute Gasteiger partial charge is 0.273 e. The third-order valence-corrected chi connectivity index (χ3v) is 6.93. The van der Waals surface area contributed by atoms with Crippen LogP contribution >= 0.6 is 11.8 Å². The zero-order valence-electron chi connectivity index (χ0n) is 19.7. The lowest BCUT2D eigenvalue weighted by molar-refractivity contribution is -0.144. The highest BCUT2D eigenvalue weighted by atomic mass is 32.2. The minimum Gasteiger partial charge on any atom is -0.273 e. The largest absolute Gasteiger partial charge is 0.451 e. The van der Waals surface area contributed by atoms with E-state index in [2.05, 4.69) is 25.3 Å². The van der Waals surface area contributed by atoms with Gasteiger partial charge in [-0.15, -0.1) is 15.3 Å². The Morgan fingerprint density at radius 2 is 1.51 bits per heavy atom. The van der Waals surface area contributed by atoms with Crippen LogP contribution < -0.4 is 11.2 Å². The maximum absolute atomic E-state index is 13.2. The molecule has 5 aromatic rings. The monoisotopic (exact) mass is 547 g/mol. The SMILES string of the molecule is O=c1[nH]c(=O)n(-c2ccc(Sc3n[nH]c(C(F)(F)F)n3)nn2)cc1C1c2ccccc2C=Cc2ccccc21. The van der Waals surface area contributed by atoms with Crippen molar-refractivity contribution >= 4 is 23.9 Å². The lowest BCUT2D eigenvalue weighted by atomic mass is 9.83. The second-order valence-electron chi connectivity index (χ2n) is 8.53. The quantitative estimate of drug-likeness (QED) is 0.338. The molecular weight excluding hydrogens is 531 g/mol. The molecule has 0 fully saturated rings. The van der Waals surface area contributed by atoms with Crippen molar-refractivity contribution in [2.75, 3.05) is 0 Å². The van der Waals surface area contributed by atoms with E-state index in [1.165, 1.54) is 22.9 Å². The van der Waals surface area contributed by atoms with Gasteiger partial charge in [0, 0.05) is 17.7 Å². The number of nitrogens with one attached hydrogen (secondary N) is 2. The summed E-state index contributed by atoms with van der Waals surface area (Å²) in [7, 11) is 0. The van der Waals surface area contributed by atoms with Gasteiger partial charge in [0.15, 0.2) is 5.82 Å². The second kappa shape index (κ2) is 9.51. The first-order valence-corrected chi connectivity index (χ1v) is 12.3. The van der Waals surface area contributed by atoms with Gasteiger partial charge in [-0.25, -0.2) is 4.79 Å². The maximum Gasteiger partial charge on any atom is 0.451 e. The minimum absolute atomic E-state index is 0.112. The van der Waals surface area contributed by atoms with Crippen LogP contribution in [0.4, 0.5) is 13.2 Å². The molecule has 0 aliphatic heterocycles. The number of nitrogens with zero attached hydrogens (tertiary/aromatic N) is 5. The van der Waals surface area contributed by atoms with Crippen LogP contribution in [0.1, 0.15) is 39.6 Å². The second-order valence-corrected chi connectivity index (χ2v) is 9.52. The fourth-order valence-corrected chi connectivity index (χ4v) is 5.04. The highest BCUT2D eigenvalue weighted by Gasteiger charge is 2.35. The van der Waals surface area contributed by atoms with E-state index in [1.54, 1.807) is 0 Å².